The molecule has 0 saturated heterocycles. The standard InChI is InChI=1S/C17H31NO2/c1-5-8-9-16(19)13-10-15(18)12(4)17(11-13)20-14(6-2)7-3/h11-12,14-15,17H,5-10,18H2,1-4H3/t12-,15+,17-/m1/s1. The first-order valence-electron chi connectivity index (χ1n) is 8.18. The zero-order valence-electron chi connectivity index (χ0n) is 13.5. The fourth-order valence-electron chi connectivity index (χ4n) is 2.67. The van der Waals surface area contributed by atoms with Crippen molar-refractivity contribution in [2.75, 3.05) is 0 Å². The van der Waals surface area contributed by atoms with Crippen LogP contribution in [0.3, 0.4) is 0 Å². The van der Waals surface area contributed by atoms with Crippen LogP contribution in [0.25, 0.3) is 0 Å². The number of ether oxygens (including phenoxy) is 1. The number of unbranched alkanes of at least 4 members (excludes halogenated alkanes) is 1. The van der Waals surface area contributed by atoms with Crippen LogP contribution in [0.5, 0.6) is 0 Å². The van der Waals surface area contributed by atoms with Gasteiger partial charge in [0.25, 0.3) is 0 Å². The average molecular weight is 281 g/mol. The number of hydrogen-bond acceptors (Lipinski definition) is 3. The van der Waals surface area contributed by atoms with Gasteiger partial charge < -0.3 is 10.5 Å². The minimum Gasteiger partial charge on any atom is -0.371 e. The number of rotatable bonds is 8. The van der Waals surface area contributed by atoms with Gasteiger partial charge in [0, 0.05) is 18.4 Å². The normalized spacial score (nSPS) is 26.7. The molecule has 0 heterocycles. The molecule has 0 aliphatic heterocycles. The molecule has 1 rings (SSSR count). The second-order valence-electron chi connectivity index (χ2n) is 5.98. The molecule has 0 aromatic heterocycles. The molecule has 0 bridgehead atoms. The molecule has 0 fully saturated rings. The van der Waals surface area contributed by atoms with Gasteiger partial charge in [-0.1, -0.05) is 34.1 Å². The van der Waals surface area contributed by atoms with E-state index in [0.29, 0.717) is 12.8 Å². The predicted molar refractivity (Wildman–Crippen MR) is 83.6 cm³/mol. The zero-order chi connectivity index (χ0) is 15.1. The Bertz CT molecular complexity index is 334. The largest absolute Gasteiger partial charge is 0.371 e. The molecule has 1 aliphatic rings. The summed E-state index contributed by atoms with van der Waals surface area (Å²) in [6.07, 6.45) is 7.65. The third-order valence-corrected chi connectivity index (χ3v) is 4.39. The van der Waals surface area contributed by atoms with Gasteiger partial charge in [-0.2, -0.15) is 0 Å². The minimum atomic E-state index is -0.00998. The van der Waals surface area contributed by atoms with E-state index in [2.05, 4.69) is 27.7 Å². The van der Waals surface area contributed by atoms with Crippen molar-refractivity contribution >= 4 is 5.78 Å². The van der Waals surface area contributed by atoms with Crippen molar-refractivity contribution in [2.24, 2.45) is 11.7 Å². The summed E-state index contributed by atoms with van der Waals surface area (Å²) in [6, 6.07) is 0.0277. The monoisotopic (exact) mass is 281 g/mol. The average Bonchev–Trinajstić information content (AvgIpc) is 2.45. The molecule has 0 amide bonds. The number of ketones is 1. The Kier molecular flexibility index (Phi) is 7.46. The van der Waals surface area contributed by atoms with Crippen molar-refractivity contribution in [2.45, 2.75) is 84.5 Å². The molecule has 0 saturated carbocycles. The maximum Gasteiger partial charge on any atom is 0.158 e. The lowest BCUT2D eigenvalue weighted by molar-refractivity contribution is -0.116. The predicted octanol–water partition coefficient (Wildman–Crippen LogP) is 3.61. The summed E-state index contributed by atoms with van der Waals surface area (Å²) < 4.78 is 6.15. The van der Waals surface area contributed by atoms with Gasteiger partial charge in [-0.25, -0.2) is 0 Å². The highest BCUT2D eigenvalue weighted by atomic mass is 16.5. The van der Waals surface area contributed by atoms with Crippen molar-refractivity contribution in [3.05, 3.63) is 11.6 Å². The molecular weight excluding hydrogens is 250 g/mol. The van der Waals surface area contributed by atoms with Gasteiger partial charge in [-0.15, -0.1) is 0 Å². The van der Waals surface area contributed by atoms with Crippen molar-refractivity contribution in [3.63, 3.8) is 0 Å². The van der Waals surface area contributed by atoms with Crippen molar-refractivity contribution in [3.8, 4) is 0 Å². The third-order valence-electron chi connectivity index (χ3n) is 4.39. The molecule has 2 N–H and O–H groups in total. The van der Waals surface area contributed by atoms with E-state index in [0.717, 1.165) is 31.3 Å². The van der Waals surface area contributed by atoms with Crippen LogP contribution in [-0.2, 0) is 9.53 Å². The molecule has 0 aromatic carbocycles. The summed E-state index contributed by atoms with van der Waals surface area (Å²) in [6.45, 7) is 8.51. The molecule has 0 radical (unpaired) electrons. The number of nitrogens with two attached hydrogens (primary N) is 1. The SMILES string of the molecule is CCCCC(=O)C1=C[C@@H](OC(CC)CC)[C@H](C)[C@@H](N)C1. The Balaban J connectivity index is 2.77. The quantitative estimate of drug-likeness (QED) is 0.739. The highest BCUT2D eigenvalue weighted by Gasteiger charge is 2.31. The fourth-order valence-corrected chi connectivity index (χ4v) is 2.67. The third kappa shape index (κ3) is 4.71. The van der Waals surface area contributed by atoms with Gasteiger partial charge in [0.15, 0.2) is 5.78 Å². The Hall–Kier alpha value is -0.670. The number of Topliss-reactive ketones (excluding diaryl/α,β-unsaturated/α-hetero) is 1. The zero-order valence-corrected chi connectivity index (χ0v) is 13.5. The van der Waals surface area contributed by atoms with E-state index in [4.69, 9.17) is 10.5 Å². The van der Waals surface area contributed by atoms with E-state index in [9.17, 15) is 4.79 Å². The molecule has 20 heavy (non-hydrogen) atoms. The molecule has 0 unspecified atom stereocenters. The van der Waals surface area contributed by atoms with Crippen LogP contribution in [0.15, 0.2) is 11.6 Å². The number of carbonyl (C=O) groups excluding carboxylic acids is 1. The number of carbonyl (C=O) groups is 1. The van der Waals surface area contributed by atoms with Gasteiger partial charge in [-0.05, 0) is 37.3 Å². The van der Waals surface area contributed by atoms with Crippen LogP contribution in [0, 0.1) is 5.92 Å². The summed E-state index contributed by atoms with van der Waals surface area (Å²) in [4.78, 5) is 12.2. The maximum atomic E-state index is 12.2. The molecule has 3 nitrogen and oxygen atoms in total. The minimum absolute atomic E-state index is 0.00998. The molecule has 3 heteroatoms. The first kappa shape index (κ1) is 17.4. The van der Waals surface area contributed by atoms with E-state index in [1.165, 1.54) is 0 Å². The smallest absolute Gasteiger partial charge is 0.158 e. The Labute approximate surface area is 123 Å². The first-order chi connectivity index (χ1) is 9.53. The van der Waals surface area contributed by atoms with E-state index >= 15 is 0 Å². The Morgan fingerprint density at radius 1 is 1.40 bits per heavy atom. The van der Waals surface area contributed by atoms with E-state index in [1.807, 2.05) is 6.08 Å². The van der Waals surface area contributed by atoms with E-state index < -0.39 is 0 Å². The van der Waals surface area contributed by atoms with Crippen LogP contribution in [0.4, 0.5) is 0 Å². The van der Waals surface area contributed by atoms with Crippen LogP contribution in [0.1, 0.15) is 66.2 Å². The van der Waals surface area contributed by atoms with E-state index in [-0.39, 0.29) is 30.0 Å². The van der Waals surface area contributed by atoms with Gasteiger partial charge in [0.1, 0.15) is 0 Å². The summed E-state index contributed by atoms with van der Waals surface area (Å²) in [5.41, 5.74) is 7.10. The van der Waals surface area contributed by atoms with Crippen molar-refractivity contribution in [1.82, 2.24) is 0 Å². The lowest BCUT2D eigenvalue weighted by atomic mass is 9.82. The Morgan fingerprint density at radius 3 is 2.60 bits per heavy atom. The lowest BCUT2D eigenvalue weighted by Gasteiger charge is -2.34. The second kappa shape index (κ2) is 8.58. The van der Waals surface area contributed by atoms with Crippen LogP contribution < -0.4 is 5.73 Å². The first-order valence-corrected chi connectivity index (χ1v) is 8.18. The highest BCUT2D eigenvalue weighted by Crippen LogP contribution is 2.28. The molecular formula is C17H31NO2. The molecule has 116 valence electrons. The van der Waals surface area contributed by atoms with Gasteiger partial charge in [0.05, 0.1) is 12.2 Å². The molecule has 1 aliphatic carbocycles. The fraction of sp³-hybridized carbons (Fsp3) is 0.824. The summed E-state index contributed by atoms with van der Waals surface area (Å²) in [5, 5.41) is 0. The summed E-state index contributed by atoms with van der Waals surface area (Å²) in [7, 11) is 0. The van der Waals surface area contributed by atoms with E-state index in [1.54, 1.807) is 0 Å². The summed E-state index contributed by atoms with van der Waals surface area (Å²) >= 11 is 0. The van der Waals surface area contributed by atoms with Gasteiger partial charge in [0.2, 0.25) is 0 Å². The van der Waals surface area contributed by atoms with Crippen molar-refractivity contribution < 1.29 is 9.53 Å². The maximum absolute atomic E-state index is 12.2. The topological polar surface area (TPSA) is 52.3 Å². The van der Waals surface area contributed by atoms with Gasteiger partial charge in [-0.3, -0.25) is 4.79 Å². The summed E-state index contributed by atoms with van der Waals surface area (Å²) in [5.74, 6) is 0.533. The van der Waals surface area contributed by atoms with Crippen LogP contribution in [0.2, 0.25) is 0 Å². The van der Waals surface area contributed by atoms with Crippen LogP contribution in [-0.4, -0.2) is 24.0 Å². The second-order valence-corrected chi connectivity index (χ2v) is 5.98. The van der Waals surface area contributed by atoms with Crippen molar-refractivity contribution in [1.29, 1.82) is 0 Å². The molecule has 0 spiro atoms. The lowest BCUT2D eigenvalue weighted by Crippen LogP contribution is -2.42. The molecule has 3 atom stereocenters. The molecule has 0 aromatic rings. The highest BCUT2D eigenvalue weighted by molar-refractivity contribution is 5.95. The number of hydrogen-bond donors (Lipinski definition) is 1. The van der Waals surface area contributed by atoms with Crippen LogP contribution >= 0.6 is 0 Å². The Morgan fingerprint density at radius 2 is 2.05 bits per heavy atom. The van der Waals surface area contributed by atoms with Gasteiger partial charge >= 0.3 is 0 Å².